The van der Waals surface area contributed by atoms with Crippen LogP contribution in [0.5, 0.6) is 0 Å². The van der Waals surface area contributed by atoms with Gasteiger partial charge in [-0.2, -0.15) is 0 Å². The number of hydrogen-bond acceptors (Lipinski definition) is 6. The SMILES string of the molecule is Nc1c(NNC(=O)c2ccc(F)cc2)ncnc1Nc1cccc(Cl)c1Cl. The standard InChI is InChI=1S/C17H13Cl2FN6O/c18-11-2-1-3-12(13(11)19)24-15-14(21)16(23-8-22-15)25-26-17(27)9-4-6-10(20)7-5-9/h1-8H,21H2,(H,26,27)(H2,22,23,24,25). The second-order valence-corrected chi connectivity index (χ2v) is 6.08. The first kappa shape index (κ1) is 18.7. The molecule has 27 heavy (non-hydrogen) atoms. The maximum Gasteiger partial charge on any atom is 0.269 e. The van der Waals surface area contributed by atoms with Crippen molar-refractivity contribution in [2.24, 2.45) is 0 Å². The molecule has 0 radical (unpaired) electrons. The molecule has 0 bridgehead atoms. The van der Waals surface area contributed by atoms with Crippen LogP contribution in [0.1, 0.15) is 10.4 Å². The van der Waals surface area contributed by atoms with Gasteiger partial charge in [-0.3, -0.25) is 15.6 Å². The number of nitrogens with zero attached hydrogens (tertiary/aromatic N) is 2. The van der Waals surface area contributed by atoms with Gasteiger partial charge in [0.25, 0.3) is 5.91 Å². The van der Waals surface area contributed by atoms with Gasteiger partial charge >= 0.3 is 0 Å². The molecule has 3 aromatic rings. The van der Waals surface area contributed by atoms with Crippen molar-refractivity contribution in [3.05, 3.63) is 70.2 Å². The van der Waals surface area contributed by atoms with Crippen LogP contribution in [0.3, 0.4) is 0 Å². The number of benzene rings is 2. The number of anilines is 4. The van der Waals surface area contributed by atoms with Crippen LogP contribution >= 0.6 is 23.2 Å². The summed E-state index contributed by atoms with van der Waals surface area (Å²) in [6.45, 7) is 0. The fourth-order valence-corrected chi connectivity index (χ4v) is 2.46. The van der Waals surface area contributed by atoms with Crippen molar-refractivity contribution < 1.29 is 9.18 Å². The number of nitrogen functional groups attached to an aromatic ring is 1. The van der Waals surface area contributed by atoms with E-state index >= 15 is 0 Å². The molecular weight excluding hydrogens is 394 g/mol. The number of halogens is 3. The van der Waals surface area contributed by atoms with Gasteiger partial charge in [-0.15, -0.1) is 0 Å². The summed E-state index contributed by atoms with van der Waals surface area (Å²) in [4.78, 5) is 20.1. The number of carbonyl (C=O) groups is 1. The van der Waals surface area contributed by atoms with Crippen molar-refractivity contribution in [2.45, 2.75) is 0 Å². The second kappa shape index (κ2) is 8.07. The van der Waals surface area contributed by atoms with E-state index in [1.54, 1.807) is 18.2 Å². The molecule has 0 fully saturated rings. The maximum atomic E-state index is 12.9. The minimum Gasteiger partial charge on any atom is -0.393 e. The Balaban J connectivity index is 1.74. The minimum absolute atomic E-state index is 0.146. The van der Waals surface area contributed by atoms with Crippen LogP contribution in [0.4, 0.5) is 27.4 Å². The van der Waals surface area contributed by atoms with Gasteiger partial charge < -0.3 is 11.1 Å². The van der Waals surface area contributed by atoms with Gasteiger partial charge in [0, 0.05) is 5.56 Å². The predicted octanol–water partition coefficient (Wildman–Crippen LogP) is 4.01. The molecule has 0 aliphatic heterocycles. The van der Waals surface area contributed by atoms with Crippen molar-refractivity contribution in [3.63, 3.8) is 0 Å². The number of rotatable bonds is 5. The third kappa shape index (κ3) is 4.36. The molecule has 0 unspecified atom stereocenters. The number of amides is 1. The summed E-state index contributed by atoms with van der Waals surface area (Å²) in [5.41, 5.74) is 12.0. The molecule has 5 N–H and O–H groups in total. The summed E-state index contributed by atoms with van der Waals surface area (Å²) in [6, 6.07) is 10.1. The Kier molecular flexibility index (Phi) is 5.58. The number of nitrogens with one attached hydrogen (secondary N) is 3. The molecule has 0 atom stereocenters. The predicted molar refractivity (Wildman–Crippen MR) is 104 cm³/mol. The van der Waals surface area contributed by atoms with Crippen LogP contribution in [-0.2, 0) is 0 Å². The first-order valence-electron chi connectivity index (χ1n) is 7.59. The highest BCUT2D eigenvalue weighted by atomic mass is 35.5. The van der Waals surface area contributed by atoms with E-state index in [9.17, 15) is 9.18 Å². The highest BCUT2D eigenvalue weighted by Crippen LogP contribution is 2.33. The molecule has 3 rings (SSSR count). The number of nitrogens with two attached hydrogens (primary N) is 1. The highest BCUT2D eigenvalue weighted by molar-refractivity contribution is 6.43. The molecule has 0 aliphatic carbocycles. The topological polar surface area (TPSA) is 105 Å². The quantitative estimate of drug-likeness (QED) is 0.477. The number of hydrogen-bond donors (Lipinski definition) is 4. The Bertz CT molecular complexity index is 984. The van der Waals surface area contributed by atoms with Crippen LogP contribution in [0.15, 0.2) is 48.8 Å². The van der Waals surface area contributed by atoms with Crippen molar-refractivity contribution in [3.8, 4) is 0 Å². The monoisotopic (exact) mass is 406 g/mol. The molecule has 1 amide bonds. The first-order valence-corrected chi connectivity index (χ1v) is 8.34. The fourth-order valence-electron chi connectivity index (χ4n) is 2.11. The summed E-state index contributed by atoms with van der Waals surface area (Å²) in [5, 5.41) is 3.65. The van der Waals surface area contributed by atoms with E-state index in [4.69, 9.17) is 28.9 Å². The third-order valence-electron chi connectivity index (χ3n) is 3.49. The maximum absolute atomic E-state index is 12.9. The lowest BCUT2D eigenvalue weighted by Gasteiger charge is -2.14. The zero-order chi connectivity index (χ0) is 19.4. The smallest absolute Gasteiger partial charge is 0.269 e. The van der Waals surface area contributed by atoms with E-state index in [2.05, 4.69) is 26.1 Å². The second-order valence-electron chi connectivity index (χ2n) is 5.30. The van der Waals surface area contributed by atoms with Crippen LogP contribution in [0.25, 0.3) is 0 Å². The molecule has 2 aromatic carbocycles. The number of aromatic nitrogens is 2. The van der Waals surface area contributed by atoms with Gasteiger partial charge in [0.15, 0.2) is 11.6 Å². The summed E-state index contributed by atoms with van der Waals surface area (Å²) in [6.07, 6.45) is 1.25. The van der Waals surface area contributed by atoms with Gasteiger partial charge in [0.05, 0.1) is 15.7 Å². The lowest BCUT2D eigenvalue weighted by Crippen LogP contribution is -2.30. The van der Waals surface area contributed by atoms with Crippen LogP contribution in [0.2, 0.25) is 10.0 Å². The van der Waals surface area contributed by atoms with E-state index in [1.165, 1.54) is 30.6 Å². The van der Waals surface area contributed by atoms with E-state index < -0.39 is 11.7 Å². The van der Waals surface area contributed by atoms with E-state index in [0.717, 1.165) is 0 Å². The minimum atomic E-state index is -0.486. The first-order chi connectivity index (χ1) is 13.0. The average molecular weight is 407 g/mol. The molecule has 1 heterocycles. The largest absolute Gasteiger partial charge is 0.393 e. The molecule has 0 aliphatic rings. The fraction of sp³-hybridized carbons (Fsp3) is 0. The van der Waals surface area contributed by atoms with Crippen LogP contribution in [0, 0.1) is 5.82 Å². The zero-order valence-electron chi connectivity index (χ0n) is 13.6. The van der Waals surface area contributed by atoms with E-state index in [1.807, 2.05) is 0 Å². The van der Waals surface area contributed by atoms with Crippen LogP contribution in [-0.4, -0.2) is 15.9 Å². The van der Waals surface area contributed by atoms with Crippen molar-refractivity contribution in [1.29, 1.82) is 0 Å². The molecular formula is C17H13Cl2FN6O. The molecule has 10 heteroatoms. The number of hydrazine groups is 1. The van der Waals surface area contributed by atoms with E-state index in [0.29, 0.717) is 15.7 Å². The van der Waals surface area contributed by atoms with E-state index in [-0.39, 0.29) is 22.9 Å². The van der Waals surface area contributed by atoms with Gasteiger partial charge in [0.1, 0.15) is 17.8 Å². The lowest BCUT2D eigenvalue weighted by atomic mass is 10.2. The Morgan fingerprint density at radius 3 is 2.48 bits per heavy atom. The van der Waals surface area contributed by atoms with Crippen molar-refractivity contribution >= 4 is 52.1 Å². The molecule has 0 spiro atoms. The molecule has 7 nitrogen and oxygen atoms in total. The Labute approximate surface area is 163 Å². The van der Waals surface area contributed by atoms with Crippen molar-refractivity contribution in [1.82, 2.24) is 15.4 Å². The summed E-state index contributed by atoms with van der Waals surface area (Å²) < 4.78 is 12.9. The van der Waals surface area contributed by atoms with Crippen LogP contribution < -0.4 is 21.9 Å². The molecule has 0 saturated carbocycles. The number of carbonyl (C=O) groups excluding carboxylic acids is 1. The van der Waals surface area contributed by atoms with Gasteiger partial charge in [-0.1, -0.05) is 29.3 Å². The summed E-state index contributed by atoms with van der Waals surface area (Å²) in [5.74, 6) is -0.482. The average Bonchev–Trinajstić information content (AvgIpc) is 2.66. The highest BCUT2D eigenvalue weighted by Gasteiger charge is 2.12. The van der Waals surface area contributed by atoms with Gasteiger partial charge in [-0.05, 0) is 36.4 Å². The lowest BCUT2D eigenvalue weighted by molar-refractivity contribution is 0.0962. The van der Waals surface area contributed by atoms with Gasteiger partial charge in [-0.25, -0.2) is 14.4 Å². The Morgan fingerprint density at radius 1 is 1.04 bits per heavy atom. The Hall–Kier alpha value is -3.10. The van der Waals surface area contributed by atoms with Gasteiger partial charge in [0.2, 0.25) is 0 Å². The zero-order valence-corrected chi connectivity index (χ0v) is 15.1. The molecule has 1 aromatic heterocycles. The third-order valence-corrected chi connectivity index (χ3v) is 4.31. The normalized spacial score (nSPS) is 10.3. The summed E-state index contributed by atoms with van der Waals surface area (Å²) in [7, 11) is 0. The van der Waals surface area contributed by atoms with Crippen molar-refractivity contribution in [2.75, 3.05) is 16.5 Å². The summed E-state index contributed by atoms with van der Waals surface area (Å²) >= 11 is 12.1. The molecule has 138 valence electrons. The Morgan fingerprint density at radius 2 is 1.74 bits per heavy atom. The molecule has 0 saturated heterocycles.